The molecule has 2 N–H and O–H groups in total. The van der Waals surface area contributed by atoms with Gasteiger partial charge in [-0.15, -0.1) is 12.4 Å². The molecule has 1 heterocycles. The van der Waals surface area contributed by atoms with E-state index in [4.69, 9.17) is 9.47 Å². The Balaban J connectivity index is 0.00000264. The van der Waals surface area contributed by atoms with Crippen LogP contribution in [-0.4, -0.2) is 56.6 Å². The first-order chi connectivity index (χ1) is 10.4. The molecule has 1 aliphatic rings. The molecular formula is C14H20ClF3N2O3. The van der Waals surface area contributed by atoms with Gasteiger partial charge in [0.15, 0.2) is 11.5 Å². The lowest BCUT2D eigenvalue weighted by Gasteiger charge is -2.36. The normalized spacial score (nSPS) is 17.3. The highest BCUT2D eigenvalue weighted by Gasteiger charge is 2.45. The fraction of sp³-hybridized carbons (Fsp3) is 0.571. The van der Waals surface area contributed by atoms with Gasteiger partial charge in [-0.1, -0.05) is 0 Å². The highest BCUT2D eigenvalue weighted by atomic mass is 35.5. The summed E-state index contributed by atoms with van der Waals surface area (Å²) in [5.41, 5.74) is -0.0131. The Kier molecular flexibility index (Phi) is 6.79. The van der Waals surface area contributed by atoms with Crippen molar-refractivity contribution in [2.24, 2.45) is 0 Å². The first-order valence-corrected chi connectivity index (χ1v) is 6.85. The van der Waals surface area contributed by atoms with Crippen molar-refractivity contribution in [3.63, 3.8) is 0 Å². The Morgan fingerprint density at radius 2 is 1.61 bits per heavy atom. The number of alkyl halides is 3. The number of methoxy groups -OCH3 is 2. The predicted molar refractivity (Wildman–Crippen MR) is 81.7 cm³/mol. The SMILES string of the molecule is COc1cc([C@@H](N2CCNCC2)C(F)(F)F)cc(OC)c1O.Cl. The standard InChI is InChI=1S/C14H19F3N2O3.ClH/c1-21-10-7-9(8-11(22-2)12(10)20)13(14(15,16)17)19-5-3-18-4-6-19;/h7-8,13,18,20H,3-6H2,1-2H3;1H/t13-;/m1./s1. The molecule has 1 atom stereocenters. The molecule has 1 aromatic carbocycles. The number of rotatable bonds is 4. The second-order valence-corrected chi connectivity index (χ2v) is 5.00. The maximum atomic E-state index is 13.6. The number of phenolic OH excluding ortho intramolecular Hbond substituents is 1. The van der Waals surface area contributed by atoms with E-state index < -0.39 is 12.2 Å². The van der Waals surface area contributed by atoms with Crippen LogP contribution in [-0.2, 0) is 0 Å². The molecule has 0 aromatic heterocycles. The van der Waals surface area contributed by atoms with E-state index in [1.54, 1.807) is 0 Å². The van der Waals surface area contributed by atoms with E-state index in [2.05, 4.69) is 5.32 Å². The van der Waals surface area contributed by atoms with Crippen LogP contribution in [0.3, 0.4) is 0 Å². The zero-order valence-electron chi connectivity index (χ0n) is 12.8. The van der Waals surface area contributed by atoms with Crippen LogP contribution in [0.25, 0.3) is 0 Å². The van der Waals surface area contributed by atoms with Crippen LogP contribution in [0.2, 0.25) is 0 Å². The molecule has 1 saturated heterocycles. The Morgan fingerprint density at radius 1 is 1.13 bits per heavy atom. The van der Waals surface area contributed by atoms with Crippen LogP contribution in [0, 0.1) is 0 Å². The summed E-state index contributed by atoms with van der Waals surface area (Å²) in [6, 6.07) is 0.647. The van der Waals surface area contributed by atoms with Crippen molar-refractivity contribution in [1.29, 1.82) is 0 Å². The van der Waals surface area contributed by atoms with Crippen LogP contribution in [0.4, 0.5) is 13.2 Å². The Morgan fingerprint density at radius 3 is 2.00 bits per heavy atom. The number of halogens is 4. The molecule has 23 heavy (non-hydrogen) atoms. The minimum atomic E-state index is -4.44. The zero-order chi connectivity index (χ0) is 16.3. The average Bonchev–Trinajstić information content (AvgIpc) is 2.48. The van der Waals surface area contributed by atoms with Crippen LogP contribution >= 0.6 is 12.4 Å². The molecule has 1 aromatic rings. The molecule has 5 nitrogen and oxygen atoms in total. The van der Waals surface area contributed by atoms with E-state index in [1.165, 1.54) is 31.3 Å². The van der Waals surface area contributed by atoms with Gasteiger partial charge in [-0.2, -0.15) is 13.2 Å². The molecule has 0 saturated carbocycles. The summed E-state index contributed by atoms with van der Waals surface area (Å²) in [4.78, 5) is 1.36. The van der Waals surface area contributed by atoms with Crippen molar-refractivity contribution in [1.82, 2.24) is 10.2 Å². The largest absolute Gasteiger partial charge is 0.502 e. The lowest BCUT2D eigenvalue weighted by molar-refractivity contribution is -0.187. The Hall–Kier alpha value is -1.38. The molecule has 132 valence electrons. The van der Waals surface area contributed by atoms with Crippen molar-refractivity contribution in [3.05, 3.63) is 17.7 Å². The van der Waals surface area contributed by atoms with Gasteiger partial charge in [-0.05, 0) is 17.7 Å². The summed E-state index contributed by atoms with van der Waals surface area (Å²) < 4.78 is 50.6. The third-order valence-electron chi connectivity index (χ3n) is 3.64. The smallest absolute Gasteiger partial charge is 0.408 e. The lowest BCUT2D eigenvalue weighted by Crippen LogP contribution is -2.49. The second-order valence-electron chi connectivity index (χ2n) is 5.00. The van der Waals surface area contributed by atoms with Gasteiger partial charge in [0.1, 0.15) is 6.04 Å². The molecule has 0 aliphatic carbocycles. The highest BCUT2D eigenvalue weighted by Crippen LogP contribution is 2.44. The average molecular weight is 357 g/mol. The summed E-state index contributed by atoms with van der Waals surface area (Å²) in [5, 5.41) is 12.9. The Labute approximate surface area is 138 Å². The summed E-state index contributed by atoms with van der Waals surface area (Å²) >= 11 is 0. The van der Waals surface area contributed by atoms with Crippen LogP contribution in [0.1, 0.15) is 11.6 Å². The summed E-state index contributed by atoms with van der Waals surface area (Å²) in [7, 11) is 2.57. The number of benzene rings is 1. The highest BCUT2D eigenvalue weighted by molar-refractivity contribution is 5.85. The topological polar surface area (TPSA) is 54.0 Å². The maximum absolute atomic E-state index is 13.6. The van der Waals surface area contributed by atoms with Gasteiger partial charge in [0, 0.05) is 26.2 Å². The molecule has 1 fully saturated rings. The summed E-state index contributed by atoms with van der Waals surface area (Å²) in [6.07, 6.45) is -4.44. The predicted octanol–water partition coefficient (Wildman–Crippen LogP) is 2.34. The summed E-state index contributed by atoms with van der Waals surface area (Å²) in [6.45, 7) is 1.57. The van der Waals surface area contributed by atoms with Gasteiger partial charge in [0.2, 0.25) is 5.75 Å². The number of nitrogens with one attached hydrogen (secondary N) is 1. The minimum absolute atomic E-state index is 0. The van der Waals surface area contributed by atoms with E-state index in [0.29, 0.717) is 13.1 Å². The number of ether oxygens (including phenoxy) is 2. The molecule has 0 radical (unpaired) electrons. The first-order valence-electron chi connectivity index (χ1n) is 6.85. The molecule has 1 aliphatic heterocycles. The van der Waals surface area contributed by atoms with Gasteiger partial charge in [0.05, 0.1) is 14.2 Å². The van der Waals surface area contributed by atoms with Crippen molar-refractivity contribution in [3.8, 4) is 17.2 Å². The van der Waals surface area contributed by atoms with E-state index >= 15 is 0 Å². The number of phenols is 1. The fourth-order valence-corrected chi connectivity index (χ4v) is 2.62. The fourth-order valence-electron chi connectivity index (χ4n) is 2.62. The quantitative estimate of drug-likeness (QED) is 0.867. The number of aromatic hydroxyl groups is 1. The van der Waals surface area contributed by atoms with E-state index in [-0.39, 0.29) is 48.3 Å². The zero-order valence-corrected chi connectivity index (χ0v) is 13.6. The molecule has 0 amide bonds. The van der Waals surface area contributed by atoms with Crippen LogP contribution in [0.15, 0.2) is 12.1 Å². The second kappa shape index (κ2) is 7.94. The molecule has 9 heteroatoms. The van der Waals surface area contributed by atoms with Gasteiger partial charge in [-0.25, -0.2) is 0 Å². The lowest BCUT2D eigenvalue weighted by atomic mass is 10.0. The number of piperazine rings is 1. The van der Waals surface area contributed by atoms with Gasteiger partial charge >= 0.3 is 6.18 Å². The van der Waals surface area contributed by atoms with Gasteiger partial charge in [-0.3, -0.25) is 4.90 Å². The number of hydrogen-bond donors (Lipinski definition) is 2. The van der Waals surface area contributed by atoms with Crippen LogP contribution in [0.5, 0.6) is 17.2 Å². The molecule has 0 unspecified atom stereocenters. The third kappa shape index (κ3) is 4.33. The van der Waals surface area contributed by atoms with Gasteiger partial charge < -0.3 is 19.9 Å². The molecular weight excluding hydrogens is 337 g/mol. The summed E-state index contributed by atoms with van der Waals surface area (Å²) in [5.74, 6) is -0.396. The van der Waals surface area contributed by atoms with E-state index in [9.17, 15) is 18.3 Å². The number of nitrogens with zero attached hydrogens (tertiary/aromatic N) is 1. The number of hydrogen-bond acceptors (Lipinski definition) is 5. The van der Waals surface area contributed by atoms with Gasteiger partial charge in [0.25, 0.3) is 0 Å². The van der Waals surface area contributed by atoms with Crippen molar-refractivity contribution in [2.75, 3.05) is 40.4 Å². The van der Waals surface area contributed by atoms with Crippen molar-refractivity contribution >= 4 is 12.4 Å². The molecule has 0 bridgehead atoms. The van der Waals surface area contributed by atoms with Crippen molar-refractivity contribution in [2.45, 2.75) is 12.2 Å². The van der Waals surface area contributed by atoms with E-state index in [1.807, 2.05) is 0 Å². The first kappa shape index (κ1) is 19.7. The monoisotopic (exact) mass is 356 g/mol. The van der Waals surface area contributed by atoms with Crippen molar-refractivity contribution < 1.29 is 27.8 Å². The Bertz CT molecular complexity index is 497. The minimum Gasteiger partial charge on any atom is -0.502 e. The van der Waals surface area contributed by atoms with Crippen LogP contribution < -0.4 is 14.8 Å². The van der Waals surface area contributed by atoms with E-state index in [0.717, 1.165) is 0 Å². The maximum Gasteiger partial charge on any atom is 0.408 e. The third-order valence-corrected chi connectivity index (χ3v) is 3.64. The molecule has 2 rings (SSSR count). The molecule has 0 spiro atoms.